The number of rotatable bonds is 3. The summed E-state index contributed by atoms with van der Waals surface area (Å²) < 4.78 is 5.30. The highest BCUT2D eigenvalue weighted by atomic mass is 35.5. The van der Waals surface area contributed by atoms with Crippen LogP contribution in [0.1, 0.15) is 17.5 Å². The second-order valence-corrected chi connectivity index (χ2v) is 4.51. The van der Waals surface area contributed by atoms with Gasteiger partial charge in [0.05, 0.1) is 6.61 Å². The standard InChI is InChI=1S/C12H16ClNO/c1-9-4-10(6-11(13)5-9)7-14-12-2-3-15-8-12/h4-6,12,14H,2-3,7-8H2,1H3/t12-/m1/s1. The van der Waals surface area contributed by atoms with Crippen molar-refractivity contribution in [2.24, 2.45) is 0 Å². The molecule has 0 unspecified atom stereocenters. The van der Waals surface area contributed by atoms with Crippen LogP contribution in [0, 0.1) is 6.92 Å². The summed E-state index contributed by atoms with van der Waals surface area (Å²) in [5, 5.41) is 4.28. The van der Waals surface area contributed by atoms with Gasteiger partial charge in [0.2, 0.25) is 0 Å². The van der Waals surface area contributed by atoms with Gasteiger partial charge in [-0.25, -0.2) is 0 Å². The molecule has 1 fully saturated rings. The van der Waals surface area contributed by atoms with Gasteiger partial charge in [0.1, 0.15) is 0 Å². The first-order valence-corrected chi connectivity index (χ1v) is 5.69. The number of benzene rings is 1. The van der Waals surface area contributed by atoms with Crippen molar-refractivity contribution in [2.75, 3.05) is 13.2 Å². The highest BCUT2D eigenvalue weighted by Crippen LogP contribution is 2.15. The van der Waals surface area contributed by atoms with Crippen LogP contribution in [0.3, 0.4) is 0 Å². The Morgan fingerprint density at radius 2 is 2.33 bits per heavy atom. The summed E-state index contributed by atoms with van der Waals surface area (Å²) in [6.07, 6.45) is 1.11. The largest absolute Gasteiger partial charge is 0.380 e. The van der Waals surface area contributed by atoms with Crippen molar-refractivity contribution in [3.63, 3.8) is 0 Å². The van der Waals surface area contributed by atoms with E-state index in [9.17, 15) is 0 Å². The lowest BCUT2D eigenvalue weighted by molar-refractivity contribution is 0.190. The van der Waals surface area contributed by atoms with Crippen LogP contribution in [-0.2, 0) is 11.3 Å². The van der Waals surface area contributed by atoms with Gasteiger partial charge in [-0.15, -0.1) is 0 Å². The van der Waals surface area contributed by atoms with Crippen molar-refractivity contribution in [2.45, 2.75) is 25.9 Å². The van der Waals surface area contributed by atoms with Crippen molar-refractivity contribution < 1.29 is 4.74 Å². The molecule has 1 N–H and O–H groups in total. The number of aryl methyl sites for hydroxylation is 1. The molecule has 15 heavy (non-hydrogen) atoms. The molecule has 2 rings (SSSR count). The number of hydrogen-bond donors (Lipinski definition) is 1. The molecule has 1 aliphatic heterocycles. The zero-order chi connectivity index (χ0) is 10.7. The van der Waals surface area contributed by atoms with E-state index >= 15 is 0 Å². The molecule has 82 valence electrons. The predicted octanol–water partition coefficient (Wildman–Crippen LogP) is 2.53. The van der Waals surface area contributed by atoms with Crippen molar-refractivity contribution in [3.05, 3.63) is 34.3 Å². The van der Waals surface area contributed by atoms with Gasteiger partial charge >= 0.3 is 0 Å². The first-order valence-electron chi connectivity index (χ1n) is 5.31. The Hall–Kier alpha value is -0.570. The Balaban J connectivity index is 1.92. The summed E-state index contributed by atoms with van der Waals surface area (Å²) in [6.45, 7) is 4.65. The van der Waals surface area contributed by atoms with Gasteiger partial charge in [0.25, 0.3) is 0 Å². The summed E-state index contributed by atoms with van der Waals surface area (Å²) in [7, 11) is 0. The van der Waals surface area contributed by atoms with Crippen LogP contribution in [0.25, 0.3) is 0 Å². The normalized spacial score (nSPS) is 20.8. The topological polar surface area (TPSA) is 21.3 Å². The van der Waals surface area contributed by atoms with Gasteiger partial charge in [-0.3, -0.25) is 0 Å². The minimum Gasteiger partial charge on any atom is -0.380 e. The lowest BCUT2D eigenvalue weighted by Crippen LogP contribution is -2.28. The third-order valence-corrected chi connectivity index (χ3v) is 2.84. The average molecular weight is 226 g/mol. The minimum atomic E-state index is 0.504. The molecule has 1 atom stereocenters. The number of nitrogens with one attached hydrogen (secondary N) is 1. The van der Waals surface area contributed by atoms with Crippen LogP contribution < -0.4 is 5.32 Å². The maximum Gasteiger partial charge on any atom is 0.0620 e. The van der Waals surface area contributed by atoms with E-state index in [0.717, 1.165) is 31.2 Å². The van der Waals surface area contributed by atoms with Crippen molar-refractivity contribution in [1.29, 1.82) is 0 Å². The predicted molar refractivity (Wildman–Crippen MR) is 62.3 cm³/mol. The summed E-state index contributed by atoms with van der Waals surface area (Å²) in [6, 6.07) is 6.65. The average Bonchev–Trinajstić information content (AvgIpc) is 2.65. The molecule has 0 bridgehead atoms. The Morgan fingerprint density at radius 1 is 1.47 bits per heavy atom. The van der Waals surface area contributed by atoms with Gasteiger partial charge in [-0.2, -0.15) is 0 Å². The van der Waals surface area contributed by atoms with Crippen LogP contribution in [0.5, 0.6) is 0 Å². The SMILES string of the molecule is Cc1cc(Cl)cc(CN[C@@H]2CCOC2)c1. The van der Waals surface area contributed by atoms with E-state index in [1.54, 1.807) is 0 Å². The van der Waals surface area contributed by atoms with Gasteiger partial charge in [0, 0.05) is 24.2 Å². The molecular weight excluding hydrogens is 210 g/mol. The Bertz CT molecular complexity index is 314. The minimum absolute atomic E-state index is 0.504. The first-order chi connectivity index (χ1) is 7.24. The van der Waals surface area contributed by atoms with E-state index in [0.29, 0.717) is 6.04 Å². The van der Waals surface area contributed by atoms with Gasteiger partial charge < -0.3 is 10.1 Å². The molecule has 1 heterocycles. The Labute approximate surface area is 95.6 Å². The molecule has 1 aromatic carbocycles. The summed E-state index contributed by atoms with van der Waals surface area (Å²) >= 11 is 5.99. The van der Waals surface area contributed by atoms with Crippen molar-refractivity contribution in [3.8, 4) is 0 Å². The number of ether oxygens (including phenoxy) is 1. The van der Waals surface area contributed by atoms with Crippen molar-refractivity contribution >= 4 is 11.6 Å². The third-order valence-electron chi connectivity index (χ3n) is 2.63. The molecule has 0 amide bonds. The summed E-state index contributed by atoms with van der Waals surface area (Å²) in [4.78, 5) is 0. The van der Waals surface area contributed by atoms with Crippen LogP contribution in [0.4, 0.5) is 0 Å². The lowest BCUT2D eigenvalue weighted by atomic mass is 10.1. The fraction of sp³-hybridized carbons (Fsp3) is 0.500. The van der Waals surface area contributed by atoms with E-state index in [-0.39, 0.29) is 0 Å². The Kier molecular flexibility index (Phi) is 3.62. The molecule has 1 aliphatic rings. The molecule has 0 radical (unpaired) electrons. The summed E-state index contributed by atoms with van der Waals surface area (Å²) in [5.74, 6) is 0. The van der Waals surface area contributed by atoms with Crippen LogP contribution in [-0.4, -0.2) is 19.3 Å². The molecule has 0 spiro atoms. The van der Waals surface area contributed by atoms with E-state index in [1.807, 2.05) is 12.1 Å². The second-order valence-electron chi connectivity index (χ2n) is 4.08. The molecule has 3 heteroatoms. The maximum absolute atomic E-state index is 5.99. The molecule has 0 saturated carbocycles. The zero-order valence-corrected chi connectivity index (χ0v) is 9.68. The van der Waals surface area contributed by atoms with Crippen molar-refractivity contribution in [1.82, 2.24) is 5.32 Å². The first kappa shape index (κ1) is 10.9. The molecular formula is C12H16ClNO. The fourth-order valence-electron chi connectivity index (χ4n) is 1.87. The molecule has 2 nitrogen and oxygen atoms in total. The molecule has 0 aromatic heterocycles. The van der Waals surface area contributed by atoms with E-state index in [2.05, 4.69) is 18.3 Å². The monoisotopic (exact) mass is 225 g/mol. The van der Waals surface area contributed by atoms with Gasteiger partial charge in [0.15, 0.2) is 0 Å². The smallest absolute Gasteiger partial charge is 0.0620 e. The number of halogens is 1. The third kappa shape index (κ3) is 3.20. The van der Waals surface area contributed by atoms with Crippen LogP contribution in [0.15, 0.2) is 18.2 Å². The fourth-order valence-corrected chi connectivity index (χ4v) is 2.18. The number of hydrogen-bond acceptors (Lipinski definition) is 2. The molecule has 1 aromatic rings. The zero-order valence-electron chi connectivity index (χ0n) is 8.92. The second kappa shape index (κ2) is 4.97. The molecule has 0 aliphatic carbocycles. The Morgan fingerprint density at radius 3 is 3.00 bits per heavy atom. The lowest BCUT2D eigenvalue weighted by Gasteiger charge is -2.11. The highest BCUT2D eigenvalue weighted by molar-refractivity contribution is 6.30. The van der Waals surface area contributed by atoms with E-state index in [4.69, 9.17) is 16.3 Å². The highest BCUT2D eigenvalue weighted by Gasteiger charge is 2.14. The van der Waals surface area contributed by atoms with Gasteiger partial charge in [-0.1, -0.05) is 17.7 Å². The van der Waals surface area contributed by atoms with Crippen LogP contribution in [0.2, 0.25) is 5.02 Å². The quantitative estimate of drug-likeness (QED) is 0.854. The van der Waals surface area contributed by atoms with E-state index in [1.165, 1.54) is 11.1 Å². The summed E-state index contributed by atoms with van der Waals surface area (Å²) in [5.41, 5.74) is 2.45. The molecule has 1 saturated heterocycles. The van der Waals surface area contributed by atoms with E-state index < -0.39 is 0 Å². The maximum atomic E-state index is 5.99. The van der Waals surface area contributed by atoms with Gasteiger partial charge in [-0.05, 0) is 36.6 Å². The van der Waals surface area contributed by atoms with Crippen LogP contribution >= 0.6 is 11.6 Å².